The van der Waals surface area contributed by atoms with E-state index in [1.807, 2.05) is 0 Å². The molecule has 2 fully saturated rings. The van der Waals surface area contributed by atoms with Crippen LogP contribution >= 0.6 is 0 Å². The van der Waals surface area contributed by atoms with Gasteiger partial charge in [0.25, 0.3) is 0 Å². The van der Waals surface area contributed by atoms with Crippen molar-refractivity contribution in [2.75, 3.05) is 7.05 Å². The van der Waals surface area contributed by atoms with E-state index < -0.39 is 0 Å². The van der Waals surface area contributed by atoms with Crippen LogP contribution in [-0.2, 0) is 0 Å². The Hall–Kier alpha value is -0.0400. The summed E-state index contributed by atoms with van der Waals surface area (Å²) in [5.74, 6) is 1.89. The molecule has 0 aromatic rings. The van der Waals surface area contributed by atoms with Crippen LogP contribution in [0.1, 0.15) is 65.2 Å². The van der Waals surface area contributed by atoms with Gasteiger partial charge in [-0.15, -0.1) is 0 Å². The first-order valence-electron chi connectivity index (χ1n) is 7.38. The van der Waals surface area contributed by atoms with Crippen molar-refractivity contribution in [2.24, 2.45) is 11.8 Å². The van der Waals surface area contributed by atoms with Crippen LogP contribution in [-0.4, -0.2) is 24.0 Å². The summed E-state index contributed by atoms with van der Waals surface area (Å²) < 4.78 is 0. The molecule has 1 heteroatoms. The van der Waals surface area contributed by atoms with Crippen LogP contribution in [0.4, 0.5) is 0 Å². The van der Waals surface area contributed by atoms with Crippen molar-refractivity contribution >= 4 is 0 Å². The summed E-state index contributed by atoms with van der Waals surface area (Å²) in [6.45, 7) is 4.88. The van der Waals surface area contributed by atoms with Crippen molar-refractivity contribution in [2.45, 2.75) is 77.3 Å². The van der Waals surface area contributed by atoms with Crippen molar-refractivity contribution in [3.63, 3.8) is 0 Å². The Labute approximate surface area is 102 Å². The van der Waals surface area contributed by atoms with E-state index in [1.54, 1.807) is 0 Å². The maximum atomic E-state index is 2.74. The van der Waals surface area contributed by atoms with Gasteiger partial charge in [-0.2, -0.15) is 0 Å². The molecule has 2 rings (SSSR count). The summed E-state index contributed by atoms with van der Waals surface area (Å²) >= 11 is 0. The standard InChI is InChI=1S/C15H29N/c1-12-9-13(2)11-15(10-12)16(3)14-7-5-4-6-8-14/h12-15H,4-11H2,1-3H3. The Morgan fingerprint density at radius 2 is 1.31 bits per heavy atom. The van der Waals surface area contributed by atoms with Crippen molar-refractivity contribution in [3.05, 3.63) is 0 Å². The summed E-state index contributed by atoms with van der Waals surface area (Å²) in [6, 6.07) is 1.78. The lowest BCUT2D eigenvalue weighted by molar-refractivity contribution is 0.0782. The van der Waals surface area contributed by atoms with Gasteiger partial charge in [-0.25, -0.2) is 0 Å². The molecule has 0 heterocycles. The topological polar surface area (TPSA) is 3.24 Å². The molecule has 0 N–H and O–H groups in total. The predicted octanol–water partition coefficient (Wildman–Crippen LogP) is 4.08. The highest BCUT2D eigenvalue weighted by Crippen LogP contribution is 2.34. The van der Waals surface area contributed by atoms with Gasteiger partial charge < -0.3 is 4.90 Å². The molecule has 1 nitrogen and oxygen atoms in total. The third-order valence-electron chi connectivity index (χ3n) is 4.88. The number of rotatable bonds is 2. The summed E-state index contributed by atoms with van der Waals surface area (Å²) in [5.41, 5.74) is 0. The summed E-state index contributed by atoms with van der Waals surface area (Å²) in [5, 5.41) is 0. The molecule has 0 amide bonds. The van der Waals surface area contributed by atoms with Crippen molar-refractivity contribution in [1.82, 2.24) is 4.90 Å². The van der Waals surface area contributed by atoms with Gasteiger partial charge in [0.15, 0.2) is 0 Å². The first kappa shape index (κ1) is 12.4. The van der Waals surface area contributed by atoms with E-state index in [-0.39, 0.29) is 0 Å². The fourth-order valence-electron chi connectivity index (χ4n) is 4.02. The molecule has 0 spiro atoms. The summed E-state index contributed by atoms with van der Waals surface area (Å²) in [7, 11) is 2.39. The average molecular weight is 223 g/mol. The Morgan fingerprint density at radius 1 is 0.750 bits per heavy atom. The van der Waals surface area contributed by atoms with E-state index in [4.69, 9.17) is 0 Å². The van der Waals surface area contributed by atoms with Crippen molar-refractivity contribution < 1.29 is 0 Å². The van der Waals surface area contributed by atoms with Crippen molar-refractivity contribution in [3.8, 4) is 0 Å². The Balaban J connectivity index is 1.89. The van der Waals surface area contributed by atoms with E-state index in [2.05, 4.69) is 25.8 Å². The van der Waals surface area contributed by atoms with Crippen LogP contribution in [0.25, 0.3) is 0 Å². The molecule has 16 heavy (non-hydrogen) atoms. The van der Waals surface area contributed by atoms with Crippen LogP contribution in [0.3, 0.4) is 0 Å². The fourth-order valence-corrected chi connectivity index (χ4v) is 4.02. The zero-order valence-electron chi connectivity index (χ0n) is 11.4. The predicted molar refractivity (Wildman–Crippen MR) is 70.6 cm³/mol. The Morgan fingerprint density at radius 3 is 1.88 bits per heavy atom. The van der Waals surface area contributed by atoms with Gasteiger partial charge in [-0.3, -0.25) is 0 Å². The quantitative estimate of drug-likeness (QED) is 0.682. The normalized spacial score (nSPS) is 37.9. The highest BCUT2D eigenvalue weighted by atomic mass is 15.2. The number of hydrogen-bond donors (Lipinski definition) is 0. The molecule has 0 radical (unpaired) electrons. The lowest BCUT2D eigenvalue weighted by atomic mass is 9.79. The second kappa shape index (κ2) is 5.53. The maximum absolute atomic E-state index is 2.74. The van der Waals surface area contributed by atoms with Crippen LogP contribution in [0, 0.1) is 11.8 Å². The highest BCUT2D eigenvalue weighted by Gasteiger charge is 2.30. The van der Waals surface area contributed by atoms with E-state index in [0.717, 1.165) is 23.9 Å². The van der Waals surface area contributed by atoms with Gasteiger partial charge in [0.05, 0.1) is 0 Å². The fraction of sp³-hybridized carbons (Fsp3) is 1.00. The lowest BCUT2D eigenvalue weighted by Crippen LogP contribution is -2.44. The van der Waals surface area contributed by atoms with E-state index in [0.29, 0.717) is 0 Å². The first-order valence-corrected chi connectivity index (χ1v) is 7.38. The molecule has 94 valence electrons. The van der Waals surface area contributed by atoms with Gasteiger partial charge in [0, 0.05) is 12.1 Å². The smallest absolute Gasteiger partial charge is 0.0100 e. The Bertz CT molecular complexity index is 197. The van der Waals surface area contributed by atoms with Gasteiger partial charge in [0.1, 0.15) is 0 Å². The molecular formula is C15H29N. The summed E-state index contributed by atoms with van der Waals surface area (Å²) in [6.07, 6.45) is 11.6. The molecule has 0 aliphatic heterocycles. The average Bonchev–Trinajstić information content (AvgIpc) is 2.28. The van der Waals surface area contributed by atoms with Crippen LogP contribution in [0.15, 0.2) is 0 Å². The van der Waals surface area contributed by atoms with Crippen molar-refractivity contribution in [1.29, 1.82) is 0 Å². The van der Waals surface area contributed by atoms with Gasteiger partial charge >= 0.3 is 0 Å². The highest BCUT2D eigenvalue weighted by molar-refractivity contribution is 4.85. The molecule has 2 atom stereocenters. The van der Waals surface area contributed by atoms with E-state index in [1.165, 1.54) is 51.4 Å². The third-order valence-corrected chi connectivity index (χ3v) is 4.88. The molecule has 0 saturated heterocycles. The largest absolute Gasteiger partial charge is 0.300 e. The zero-order valence-corrected chi connectivity index (χ0v) is 11.4. The lowest BCUT2D eigenvalue weighted by Gasteiger charge is -2.42. The molecule has 0 aromatic carbocycles. The molecule has 0 bridgehead atoms. The number of hydrogen-bond acceptors (Lipinski definition) is 1. The van der Waals surface area contributed by atoms with Gasteiger partial charge in [-0.1, -0.05) is 33.1 Å². The summed E-state index contributed by atoms with van der Waals surface area (Å²) in [4.78, 5) is 2.74. The van der Waals surface area contributed by atoms with Gasteiger partial charge in [0.2, 0.25) is 0 Å². The Kier molecular flexibility index (Phi) is 4.29. The van der Waals surface area contributed by atoms with Crippen LogP contribution in [0.5, 0.6) is 0 Å². The first-order chi connectivity index (χ1) is 7.66. The minimum Gasteiger partial charge on any atom is -0.300 e. The minimum atomic E-state index is 0.877. The van der Waals surface area contributed by atoms with Crippen LogP contribution < -0.4 is 0 Å². The zero-order chi connectivity index (χ0) is 11.5. The molecular weight excluding hydrogens is 194 g/mol. The minimum absolute atomic E-state index is 0.877. The molecule has 2 saturated carbocycles. The van der Waals surface area contributed by atoms with Crippen LogP contribution in [0.2, 0.25) is 0 Å². The SMILES string of the molecule is CC1CC(C)CC(N(C)C2CCCCC2)C1. The molecule has 0 aromatic heterocycles. The van der Waals surface area contributed by atoms with E-state index in [9.17, 15) is 0 Å². The molecule has 2 aliphatic carbocycles. The molecule has 2 aliphatic rings. The second-order valence-corrected chi connectivity index (χ2v) is 6.53. The van der Waals surface area contributed by atoms with Gasteiger partial charge in [-0.05, 0) is 51.0 Å². The maximum Gasteiger partial charge on any atom is 0.0100 e. The van der Waals surface area contributed by atoms with E-state index >= 15 is 0 Å². The third kappa shape index (κ3) is 3.00. The molecule has 2 unspecified atom stereocenters. The number of nitrogens with zero attached hydrogens (tertiary/aromatic N) is 1. The monoisotopic (exact) mass is 223 g/mol. The second-order valence-electron chi connectivity index (χ2n) is 6.53.